The Labute approximate surface area is 182 Å². The summed E-state index contributed by atoms with van der Waals surface area (Å²) in [5, 5.41) is 17.8. The van der Waals surface area contributed by atoms with E-state index in [2.05, 4.69) is 22.0 Å². The van der Waals surface area contributed by atoms with Gasteiger partial charge >= 0.3 is 0 Å². The van der Waals surface area contributed by atoms with E-state index in [-0.39, 0.29) is 0 Å². The molecule has 0 amide bonds. The number of hydrogen-bond donors (Lipinski definition) is 5. The van der Waals surface area contributed by atoms with E-state index in [1.807, 2.05) is 53.9 Å². The van der Waals surface area contributed by atoms with Gasteiger partial charge in [0.25, 0.3) is 5.84 Å². The van der Waals surface area contributed by atoms with E-state index in [4.69, 9.17) is 21.0 Å². The predicted octanol–water partition coefficient (Wildman–Crippen LogP) is 1.72. The summed E-state index contributed by atoms with van der Waals surface area (Å²) < 4.78 is 5.24. The molecule has 9 heteroatoms. The Bertz CT molecular complexity index is 1220. The third-order valence-corrected chi connectivity index (χ3v) is 5.56. The van der Waals surface area contributed by atoms with Gasteiger partial charge in [-0.05, 0) is 41.3 Å². The lowest BCUT2D eigenvalue weighted by Gasteiger charge is -2.13. The highest BCUT2D eigenvalue weighted by molar-refractivity contribution is 7.13. The van der Waals surface area contributed by atoms with Crippen molar-refractivity contribution in [2.45, 2.75) is 6.54 Å². The van der Waals surface area contributed by atoms with E-state index in [0.29, 0.717) is 23.8 Å². The molecule has 8 nitrogen and oxygen atoms in total. The van der Waals surface area contributed by atoms with Crippen molar-refractivity contribution < 1.29 is 9.52 Å². The third-order valence-electron chi connectivity index (χ3n) is 4.67. The summed E-state index contributed by atoms with van der Waals surface area (Å²) in [6.07, 6.45) is 3.22. The molecule has 4 rings (SSSR count). The van der Waals surface area contributed by atoms with E-state index in [1.165, 1.54) is 0 Å². The average Bonchev–Trinajstić information content (AvgIpc) is 3.52. The van der Waals surface area contributed by atoms with Crippen molar-refractivity contribution >= 4 is 23.0 Å². The second-order valence-corrected chi connectivity index (χ2v) is 7.56. The van der Waals surface area contributed by atoms with Gasteiger partial charge in [0.15, 0.2) is 0 Å². The molecule has 1 aromatic carbocycles. The number of thiophene rings is 1. The Morgan fingerprint density at radius 3 is 2.71 bits per heavy atom. The molecule has 4 aromatic rings. The fraction of sp³-hybridized carbons (Fsp3) is 0.0455. The monoisotopic (exact) mass is 430 g/mol. The largest absolute Gasteiger partial charge is 0.472 e. The molecule has 0 saturated carbocycles. The summed E-state index contributed by atoms with van der Waals surface area (Å²) >= 11 is 1.60. The Hall–Kier alpha value is -4.13. The molecule has 0 saturated heterocycles. The van der Waals surface area contributed by atoms with Gasteiger partial charge in [0.1, 0.15) is 17.5 Å². The van der Waals surface area contributed by atoms with Crippen LogP contribution in [0.5, 0.6) is 0 Å². The molecule has 31 heavy (non-hydrogen) atoms. The number of hydrogen-bond acceptors (Lipinski definition) is 7. The van der Waals surface area contributed by atoms with Crippen LogP contribution in [-0.4, -0.2) is 10.8 Å². The number of aromatic nitrogens is 1. The minimum absolute atomic E-state index is 0.420. The third kappa shape index (κ3) is 4.40. The standard InChI is InChI=1S/C22H19N7OS/c23-11-18-17(16-7-8-30-13-16)10-19(20-2-1-9-31-20)27-22(18)26-12-14-3-5-15(6-4-14)21(24)28-29-25/h1-10,13,29H,12,25H2,(H2,24,28)(H,26,27)/p+1. The van der Waals surface area contributed by atoms with E-state index < -0.39 is 0 Å². The number of rotatable bonds is 7. The zero-order valence-electron chi connectivity index (χ0n) is 16.4. The SMILES string of the molecule is N#Cc1c(-c2ccoc2)cc(-c2cccs2)nc1NCc1ccc(/C(N)=[NH+]/NN)cc1. The van der Waals surface area contributed by atoms with Crippen LogP contribution < -0.4 is 27.5 Å². The Morgan fingerprint density at radius 1 is 1.23 bits per heavy atom. The number of nitrogens with zero attached hydrogens (tertiary/aromatic N) is 2. The Morgan fingerprint density at radius 2 is 2.06 bits per heavy atom. The highest BCUT2D eigenvalue weighted by Crippen LogP contribution is 2.34. The molecule has 0 bridgehead atoms. The maximum absolute atomic E-state index is 9.87. The second kappa shape index (κ2) is 9.13. The fourth-order valence-electron chi connectivity index (χ4n) is 3.12. The molecule has 0 fully saturated rings. The van der Waals surface area contributed by atoms with Crippen LogP contribution in [0.1, 0.15) is 16.7 Å². The second-order valence-electron chi connectivity index (χ2n) is 6.61. The number of nitrogen functional groups attached to an aromatic ring is 1. The van der Waals surface area contributed by atoms with Crippen molar-refractivity contribution in [3.05, 3.63) is 83.1 Å². The summed E-state index contributed by atoms with van der Waals surface area (Å²) in [5.41, 5.74) is 12.9. The van der Waals surface area contributed by atoms with Crippen molar-refractivity contribution in [2.75, 3.05) is 5.32 Å². The molecule has 0 spiro atoms. The average molecular weight is 431 g/mol. The zero-order valence-corrected chi connectivity index (χ0v) is 17.2. The van der Waals surface area contributed by atoms with Crippen molar-refractivity contribution in [3.8, 4) is 27.8 Å². The predicted molar refractivity (Wildman–Crippen MR) is 120 cm³/mol. The quantitative estimate of drug-likeness (QED) is 0.130. The number of pyridine rings is 1. The van der Waals surface area contributed by atoms with Crippen LogP contribution in [0.2, 0.25) is 0 Å². The highest BCUT2D eigenvalue weighted by Gasteiger charge is 2.16. The van der Waals surface area contributed by atoms with Gasteiger partial charge in [0.05, 0.1) is 28.7 Å². The first-order valence-corrected chi connectivity index (χ1v) is 10.3. The Kier molecular flexibility index (Phi) is 5.93. The highest BCUT2D eigenvalue weighted by atomic mass is 32.1. The van der Waals surface area contributed by atoms with Crippen molar-refractivity contribution in [3.63, 3.8) is 0 Å². The van der Waals surface area contributed by atoms with Gasteiger partial charge in [-0.2, -0.15) is 15.9 Å². The molecule has 7 N–H and O–H groups in total. The number of hydrazine groups is 2. The van der Waals surface area contributed by atoms with E-state index >= 15 is 0 Å². The number of amidine groups is 1. The molecule has 0 aliphatic rings. The zero-order chi connectivity index (χ0) is 21.6. The van der Waals surface area contributed by atoms with Gasteiger partial charge in [-0.15, -0.1) is 11.3 Å². The summed E-state index contributed by atoms with van der Waals surface area (Å²) in [7, 11) is 0. The van der Waals surface area contributed by atoms with Crippen LogP contribution in [0.4, 0.5) is 5.82 Å². The summed E-state index contributed by atoms with van der Waals surface area (Å²) in [5.74, 6) is 6.16. The van der Waals surface area contributed by atoms with E-state index in [9.17, 15) is 5.26 Å². The van der Waals surface area contributed by atoms with Gasteiger partial charge in [0, 0.05) is 17.7 Å². The fourth-order valence-corrected chi connectivity index (χ4v) is 3.81. The lowest BCUT2D eigenvalue weighted by Crippen LogP contribution is -2.87. The maximum atomic E-state index is 9.87. The van der Waals surface area contributed by atoms with Gasteiger partial charge in [0.2, 0.25) is 0 Å². The molecule has 0 aliphatic heterocycles. The van der Waals surface area contributed by atoms with Crippen LogP contribution in [0.25, 0.3) is 21.7 Å². The molecule has 3 aromatic heterocycles. The molecule has 0 radical (unpaired) electrons. The van der Waals surface area contributed by atoms with Crippen molar-refractivity contribution in [1.82, 2.24) is 10.5 Å². The number of nitriles is 1. The molecule has 0 aliphatic carbocycles. The molecule has 0 unspecified atom stereocenters. The number of nitrogens with one attached hydrogen (secondary N) is 3. The van der Waals surface area contributed by atoms with Crippen molar-refractivity contribution in [1.29, 1.82) is 5.26 Å². The van der Waals surface area contributed by atoms with Gasteiger partial charge in [-0.3, -0.25) is 5.73 Å². The van der Waals surface area contributed by atoms with E-state index in [1.54, 1.807) is 23.9 Å². The smallest absolute Gasteiger partial charge is 0.297 e. The first-order valence-electron chi connectivity index (χ1n) is 9.38. The molecule has 3 heterocycles. The van der Waals surface area contributed by atoms with E-state index in [0.717, 1.165) is 32.8 Å². The van der Waals surface area contributed by atoms with Crippen LogP contribution in [0.3, 0.4) is 0 Å². The number of hydrazone groups is 1. The topological polar surface area (TPSA) is 140 Å². The van der Waals surface area contributed by atoms with Crippen molar-refractivity contribution in [2.24, 2.45) is 11.6 Å². The number of anilines is 1. The number of nitrogens with two attached hydrogens (primary N) is 2. The molecule has 154 valence electrons. The number of furan rings is 1. The normalized spacial score (nSPS) is 11.2. The van der Waals surface area contributed by atoms with Crippen LogP contribution >= 0.6 is 11.3 Å². The molecular formula is C22H20N7OS+. The minimum atomic E-state index is 0.420. The minimum Gasteiger partial charge on any atom is -0.472 e. The lowest BCUT2D eigenvalue weighted by atomic mass is 10.0. The molecular weight excluding hydrogens is 410 g/mol. The van der Waals surface area contributed by atoms with Crippen LogP contribution in [0, 0.1) is 11.3 Å². The van der Waals surface area contributed by atoms with Gasteiger partial charge in [-0.1, -0.05) is 18.2 Å². The van der Waals surface area contributed by atoms with Gasteiger partial charge in [-0.25, -0.2) is 10.8 Å². The first kappa shape index (κ1) is 20.2. The van der Waals surface area contributed by atoms with Crippen LogP contribution in [-0.2, 0) is 6.54 Å². The molecule has 0 atom stereocenters. The first-order chi connectivity index (χ1) is 15.2. The van der Waals surface area contributed by atoms with Crippen LogP contribution in [0.15, 0.2) is 70.9 Å². The maximum Gasteiger partial charge on any atom is 0.297 e. The Balaban J connectivity index is 1.66. The summed E-state index contributed by atoms with van der Waals surface area (Å²) in [6, 6.07) is 17.7. The number of benzene rings is 1. The summed E-state index contributed by atoms with van der Waals surface area (Å²) in [6.45, 7) is 0.489. The summed E-state index contributed by atoms with van der Waals surface area (Å²) in [4.78, 5) is 5.75. The lowest BCUT2D eigenvalue weighted by molar-refractivity contribution is -0.528. The van der Waals surface area contributed by atoms with Gasteiger partial charge < -0.3 is 9.73 Å².